The maximum absolute atomic E-state index is 12.8. The van der Waals surface area contributed by atoms with Crippen molar-refractivity contribution in [2.45, 2.75) is 0 Å². The molecule has 1 aliphatic carbocycles. The first-order valence-electron chi connectivity index (χ1n) is 7.27. The smallest absolute Gasteiger partial charge is 0.197 e. The summed E-state index contributed by atoms with van der Waals surface area (Å²) in [5, 5.41) is 11.4. The SMILES string of the molecule is O=C(C1=Cc2cccc3cccc(c23)C1=O)c1cccc(O)c1. The Hall–Kier alpha value is -3.20. The van der Waals surface area contributed by atoms with Crippen LogP contribution in [0.4, 0.5) is 0 Å². The van der Waals surface area contributed by atoms with E-state index in [1.807, 2.05) is 30.3 Å². The number of hydrogen-bond acceptors (Lipinski definition) is 3. The highest BCUT2D eigenvalue weighted by Gasteiger charge is 2.27. The summed E-state index contributed by atoms with van der Waals surface area (Å²) in [4.78, 5) is 25.4. The highest BCUT2D eigenvalue weighted by Crippen LogP contribution is 2.32. The van der Waals surface area contributed by atoms with Gasteiger partial charge in [0.1, 0.15) is 5.75 Å². The second kappa shape index (κ2) is 4.92. The molecule has 0 fully saturated rings. The van der Waals surface area contributed by atoms with Gasteiger partial charge in [0.15, 0.2) is 11.6 Å². The third-order valence-electron chi connectivity index (χ3n) is 4.08. The third kappa shape index (κ3) is 2.06. The first-order valence-corrected chi connectivity index (χ1v) is 7.27. The lowest BCUT2D eigenvalue weighted by Gasteiger charge is -2.16. The molecule has 1 aliphatic rings. The van der Waals surface area contributed by atoms with Crippen LogP contribution in [0, 0.1) is 0 Å². The summed E-state index contributed by atoms with van der Waals surface area (Å²) in [6.07, 6.45) is 1.64. The van der Waals surface area contributed by atoms with Crippen LogP contribution in [0.25, 0.3) is 16.8 Å². The molecule has 0 unspecified atom stereocenters. The summed E-state index contributed by atoms with van der Waals surface area (Å²) >= 11 is 0. The monoisotopic (exact) mass is 300 g/mol. The van der Waals surface area contributed by atoms with E-state index in [1.165, 1.54) is 12.1 Å². The molecule has 0 amide bonds. The van der Waals surface area contributed by atoms with Gasteiger partial charge in [-0.15, -0.1) is 0 Å². The zero-order valence-corrected chi connectivity index (χ0v) is 12.1. The fourth-order valence-corrected chi connectivity index (χ4v) is 3.02. The molecule has 23 heavy (non-hydrogen) atoms. The van der Waals surface area contributed by atoms with Crippen molar-refractivity contribution in [1.82, 2.24) is 0 Å². The number of benzene rings is 3. The Labute approximate surface area is 132 Å². The van der Waals surface area contributed by atoms with Crippen molar-refractivity contribution in [3.63, 3.8) is 0 Å². The molecular weight excluding hydrogens is 288 g/mol. The van der Waals surface area contributed by atoms with E-state index >= 15 is 0 Å². The van der Waals surface area contributed by atoms with Crippen LogP contribution in [0.5, 0.6) is 5.75 Å². The molecule has 0 atom stereocenters. The highest BCUT2D eigenvalue weighted by molar-refractivity contribution is 6.37. The minimum Gasteiger partial charge on any atom is -0.508 e. The van der Waals surface area contributed by atoms with Crippen LogP contribution < -0.4 is 0 Å². The van der Waals surface area contributed by atoms with Gasteiger partial charge < -0.3 is 5.11 Å². The Bertz CT molecular complexity index is 1010. The van der Waals surface area contributed by atoms with Crippen molar-refractivity contribution in [2.24, 2.45) is 0 Å². The van der Waals surface area contributed by atoms with Crippen LogP contribution in [0.2, 0.25) is 0 Å². The van der Waals surface area contributed by atoms with Crippen LogP contribution >= 0.6 is 0 Å². The molecule has 4 rings (SSSR count). The second-order valence-electron chi connectivity index (χ2n) is 5.52. The second-order valence-corrected chi connectivity index (χ2v) is 5.52. The normalized spacial score (nSPS) is 13.0. The standard InChI is InChI=1S/C20H12O3/c21-15-8-2-7-14(10-15)19(22)17-11-13-6-1-4-12-5-3-9-16(18(12)13)20(17)23/h1-11,21H. The summed E-state index contributed by atoms with van der Waals surface area (Å²) in [7, 11) is 0. The molecule has 0 heterocycles. The minimum absolute atomic E-state index is 0.00205. The fourth-order valence-electron chi connectivity index (χ4n) is 3.02. The van der Waals surface area contributed by atoms with Crippen LogP contribution in [-0.2, 0) is 0 Å². The lowest BCUT2D eigenvalue weighted by molar-refractivity contribution is 0.0964. The third-order valence-corrected chi connectivity index (χ3v) is 4.08. The molecule has 0 bridgehead atoms. The van der Waals surface area contributed by atoms with Crippen molar-refractivity contribution >= 4 is 28.4 Å². The first kappa shape index (κ1) is 13.5. The van der Waals surface area contributed by atoms with E-state index in [1.54, 1.807) is 24.3 Å². The van der Waals surface area contributed by atoms with Crippen LogP contribution in [0.1, 0.15) is 26.3 Å². The Morgan fingerprint density at radius 2 is 1.65 bits per heavy atom. The van der Waals surface area contributed by atoms with E-state index in [4.69, 9.17) is 0 Å². The molecule has 1 N–H and O–H groups in total. The first-order chi connectivity index (χ1) is 11.1. The van der Waals surface area contributed by atoms with Gasteiger partial charge >= 0.3 is 0 Å². The van der Waals surface area contributed by atoms with Crippen LogP contribution in [0.3, 0.4) is 0 Å². The summed E-state index contributed by atoms with van der Waals surface area (Å²) in [6, 6.07) is 17.3. The molecule has 3 nitrogen and oxygen atoms in total. The maximum Gasteiger partial charge on any atom is 0.197 e. The zero-order valence-electron chi connectivity index (χ0n) is 12.1. The molecule has 110 valence electrons. The summed E-state index contributed by atoms with van der Waals surface area (Å²) in [5.41, 5.74) is 1.84. The number of hydrogen-bond donors (Lipinski definition) is 1. The van der Waals surface area contributed by atoms with Crippen molar-refractivity contribution in [2.75, 3.05) is 0 Å². The van der Waals surface area contributed by atoms with Gasteiger partial charge in [0, 0.05) is 16.5 Å². The van der Waals surface area contributed by atoms with Gasteiger partial charge in [-0.05, 0) is 29.2 Å². The molecule has 0 saturated heterocycles. The van der Waals surface area contributed by atoms with E-state index in [0.717, 1.165) is 16.3 Å². The number of Topliss-reactive ketones (excluding diaryl/α,β-unsaturated/α-hetero) is 2. The lowest BCUT2D eigenvalue weighted by Crippen LogP contribution is -2.16. The molecule has 0 aromatic heterocycles. The molecule has 0 aliphatic heterocycles. The Morgan fingerprint density at radius 1 is 0.913 bits per heavy atom. The Morgan fingerprint density at radius 3 is 2.43 bits per heavy atom. The quantitative estimate of drug-likeness (QED) is 0.574. The number of aromatic hydroxyl groups is 1. The minimum atomic E-state index is -0.377. The molecule has 0 radical (unpaired) electrons. The number of allylic oxidation sites excluding steroid dienone is 1. The average molecular weight is 300 g/mol. The molecule has 3 aromatic carbocycles. The van der Waals surface area contributed by atoms with Gasteiger partial charge in [-0.2, -0.15) is 0 Å². The number of phenolic OH excluding ortho intramolecular Hbond substituents is 1. The van der Waals surface area contributed by atoms with Crippen molar-refractivity contribution in [1.29, 1.82) is 0 Å². The average Bonchev–Trinajstić information content (AvgIpc) is 2.57. The van der Waals surface area contributed by atoms with E-state index < -0.39 is 0 Å². The number of phenols is 1. The lowest BCUT2D eigenvalue weighted by atomic mass is 9.85. The molecule has 3 aromatic rings. The van der Waals surface area contributed by atoms with Crippen molar-refractivity contribution < 1.29 is 14.7 Å². The summed E-state index contributed by atoms with van der Waals surface area (Å²) in [5.74, 6) is -0.651. The molecule has 0 saturated carbocycles. The van der Waals surface area contributed by atoms with Gasteiger partial charge in [0.2, 0.25) is 0 Å². The highest BCUT2D eigenvalue weighted by atomic mass is 16.3. The maximum atomic E-state index is 12.8. The molecular formula is C20H12O3. The van der Waals surface area contributed by atoms with Gasteiger partial charge in [-0.1, -0.05) is 48.5 Å². The summed E-state index contributed by atoms with van der Waals surface area (Å²) < 4.78 is 0. The van der Waals surface area contributed by atoms with E-state index in [2.05, 4.69) is 0 Å². The Balaban J connectivity index is 1.91. The largest absolute Gasteiger partial charge is 0.508 e. The van der Waals surface area contributed by atoms with E-state index in [-0.39, 0.29) is 22.9 Å². The van der Waals surface area contributed by atoms with Gasteiger partial charge in [0.05, 0.1) is 5.57 Å². The number of rotatable bonds is 2. The van der Waals surface area contributed by atoms with E-state index in [9.17, 15) is 14.7 Å². The predicted octanol–water partition coefficient (Wildman–Crippen LogP) is 4.01. The topological polar surface area (TPSA) is 54.4 Å². The number of carbonyl (C=O) groups is 2. The van der Waals surface area contributed by atoms with Crippen LogP contribution in [-0.4, -0.2) is 16.7 Å². The summed E-state index contributed by atoms with van der Waals surface area (Å²) in [6.45, 7) is 0. The van der Waals surface area contributed by atoms with Gasteiger partial charge in [-0.25, -0.2) is 0 Å². The number of ketones is 2. The predicted molar refractivity (Wildman–Crippen MR) is 88.7 cm³/mol. The van der Waals surface area contributed by atoms with Gasteiger partial charge in [0.25, 0.3) is 0 Å². The van der Waals surface area contributed by atoms with E-state index in [0.29, 0.717) is 11.1 Å². The van der Waals surface area contributed by atoms with Crippen molar-refractivity contribution in [3.8, 4) is 5.75 Å². The zero-order chi connectivity index (χ0) is 16.0. The van der Waals surface area contributed by atoms with Crippen LogP contribution in [0.15, 0.2) is 66.2 Å². The fraction of sp³-hybridized carbons (Fsp3) is 0. The molecule has 0 spiro atoms. The molecule has 3 heteroatoms. The van der Waals surface area contributed by atoms with Gasteiger partial charge in [-0.3, -0.25) is 9.59 Å². The Kier molecular flexibility index (Phi) is 2.88. The van der Waals surface area contributed by atoms with Crippen molar-refractivity contribution in [3.05, 3.63) is 82.9 Å². The number of carbonyl (C=O) groups excluding carboxylic acids is 2.